The van der Waals surface area contributed by atoms with Crippen molar-refractivity contribution >= 4 is 29.0 Å². The topological polar surface area (TPSA) is 85.6 Å². The van der Waals surface area contributed by atoms with Gasteiger partial charge in [-0.15, -0.1) is 0 Å². The van der Waals surface area contributed by atoms with Crippen LogP contribution in [0.4, 0.5) is 11.4 Å². The maximum absolute atomic E-state index is 13.1. The van der Waals surface area contributed by atoms with Crippen molar-refractivity contribution in [3.8, 4) is 0 Å². The molecule has 0 radical (unpaired) electrons. The van der Waals surface area contributed by atoms with Gasteiger partial charge in [0.15, 0.2) is 0 Å². The molecule has 1 atom stereocenters. The highest BCUT2D eigenvalue weighted by Crippen LogP contribution is 2.37. The number of hydrogen-bond acceptors (Lipinski definition) is 5. The highest BCUT2D eigenvalue weighted by atomic mass is 16.5. The maximum Gasteiger partial charge on any atom is 0.337 e. The van der Waals surface area contributed by atoms with E-state index in [-0.39, 0.29) is 5.91 Å². The molecule has 168 valence electrons. The average molecular weight is 450 g/mol. The van der Waals surface area contributed by atoms with E-state index in [0.717, 1.165) is 28.9 Å². The zero-order chi connectivity index (χ0) is 23.5. The van der Waals surface area contributed by atoms with Crippen LogP contribution in [0.3, 0.4) is 0 Å². The fraction of sp³-hybridized carbons (Fsp3) is 0.111. The van der Waals surface area contributed by atoms with E-state index in [4.69, 9.17) is 9.73 Å². The quantitative estimate of drug-likeness (QED) is 0.344. The number of imidazole rings is 1. The smallest absolute Gasteiger partial charge is 0.337 e. The van der Waals surface area contributed by atoms with Gasteiger partial charge >= 0.3 is 5.97 Å². The van der Waals surface area contributed by atoms with Crippen molar-refractivity contribution in [2.75, 3.05) is 12.4 Å². The lowest BCUT2D eigenvalue weighted by atomic mass is 9.90. The molecule has 0 saturated carbocycles. The number of amides is 1. The number of carbonyl (C=O) groups is 2. The second kappa shape index (κ2) is 9.15. The van der Waals surface area contributed by atoms with Gasteiger partial charge in [0.05, 0.1) is 30.4 Å². The molecule has 3 aromatic carbocycles. The monoisotopic (exact) mass is 450 g/mol. The molecule has 7 heteroatoms. The number of rotatable bonds is 6. The summed E-state index contributed by atoms with van der Waals surface area (Å²) in [7, 11) is 1.33. The Balaban J connectivity index is 1.52. The molecule has 2 heterocycles. The van der Waals surface area contributed by atoms with Crippen LogP contribution in [0, 0.1) is 0 Å². The normalized spacial score (nSPS) is 15.0. The zero-order valence-corrected chi connectivity index (χ0v) is 18.5. The third-order valence-corrected chi connectivity index (χ3v) is 5.76. The highest BCUT2D eigenvalue weighted by molar-refractivity contribution is 6.24. The summed E-state index contributed by atoms with van der Waals surface area (Å²) < 4.78 is 6.80. The Labute approximate surface area is 196 Å². The molecular formula is C27H22N4O3. The average Bonchev–Trinajstić information content (AvgIpc) is 3.50. The molecule has 0 spiro atoms. The summed E-state index contributed by atoms with van der Waals surface area (Å²) >= 11 is 0. The Morgan fingerprint density at radius 2 is 1.85 bits per heavy atom. The summed E-state index contributed by atoms with van der Waals surface area (Å²) in [6.45, 7) is 0.719. The number of methoxy groups -OCH3 is 1. The summed E-state index contributed by atoms with van der Waals surface area (Å²) in [4.78, 5) is 34.0. The first-order chi connectivity index (χ1) is 16.6. The van der Waals surface area contributed by atoms with Gasteiger partial charge in [-0.1, -0.05) is 48.5 Å². The van der Waals surface area contributed by atoms with Crippen LogP contribution in [0.15, 0.2) is 96.5 Å². The summed E-state index contributed by atoms with van der Waals surface area (Å²) in [6.07, 6.45) is 5.45. The molecule has 0 bridgehead atoms. The predicted octanol–water partition coefficient (Wildman–Crippen LogP) is 4.57. The molecule has 1 aromatic heterocycles. The number of carbonyl (C=O) groups excluding carboxylic acids is 2. The first-order valence-corrected chi connectivity index (χ1v) is 10.8. The number of fused-ring (bicyclic) bond motifs is 1. The molecule has 0 saturated heterocycles. The Morgan fingerprint density at radius 1 is 1.06 bits per heavy atom. The van der Waals surface area contributed by atoms with Gasteiger partial charge < -0.3 is 14.6 Å². The number of esters is 1. The van der Waals surface area contributed by atoms with Gasteiger partial charge in [-0.3, -0.25) is 9.79 Å². The SMILES string of the molecule is COC(=O)c1ccc2c(c1)NC(=O)C2C(=Nc1ccc(Cn2ccnc2)cc1)c1ccccc1. The summed E-state index contributed by atoms with van der Waals surface area (Å²) in [6, 6.07) is 22.7. The Hall–Kier alpha value is -4.52. The molecule has 1 unspecified atom stereocenters. The molecule has 4 aromatic rings. The van der Waals surface area contributed by atoms with E-state index in [9.17, 15) is 9.59 Å². The van der Waals surface area contributed by atoms with Crippen molar-refractivity contribution in [3.05, 3.63) is 114 Å². The Bertz CT molecular complexity index is 1360. The first kappa shape index (κ1) is 21.3. The maximum atomic E-state index is 13.1. The van der Waals surface area contributed by atoms with E-state index in [1.807, 2.05) is 65.4 Å². The van der Waals surface area contributed by atoms with Gasteiger partial charge in [0.2, 0.25) is 5.91 Å². The lowest BCUT2D eigenvalue weighted by Gasteiger charge is -2.14. The predicted molar refractivity (Wildman–Crippen MR) is 130 cm³/mol. The molecule has 0 aliphatic carbocycles. The van der Waals surface area contributed by atoms with Gasteiger partial charge in [0.1, 0.15) is 5.92 Å². The van der Waals surface area contributed by atoms with Gasteiger partial charge in [-0.2, -0.15) is 0 Å². The van der Waals surface area contributed by atoms with E-state index < -0.39 is 11.9 Å². The second-order valence-corrected chi connectivity index (χ2v) is 7.98. The van der Waals surface area contributed by atoms with Crippen molar-refractivity contribution in [2.24, 2.45) is 4.99 Å². The Morgan fingerprint density at radius 3 is 2.56 bits per heavy atom. The minimum Gasteiger partial charge on any atom is -0.465 e. The largest absolute Gasteiger partial charge is 0.465 e. The van der Waals surface area contributed by atoms with Crippen LogP contribution in [0.25, 0.3) is 0 Å². The fourth-order valence-corrected chi connectivity index (χ4v) is 4.09. The minimum atomic E-state index is -0.602. The van der Waals surface area contributed by atoms with Crippen LogP contribution in [-0.2, 0) is 16.1 Å². The van der Waals surface area contributed by atoms with Crippen LogP contribution >= 0.6 is 0 Å². The van der Waals surface area contributed by atoms with E-state index in [1.54, 1.807) is 30.7 Å². The number of anilines is 1. The van der Waals surface area contributed by atoms with Gasteiger partial charge in [-0.05, 0) is 41.0 Å². The number of ether oxygens (including phenoxy) is 1. The minimum absolute atomic E-state index is 0.184. The molecule has 1 N–H and O–H groups in total. The summed E-state index contributed by atoms with van der Waals surface area (Å²) in [5, 5.41) is 2.90. The Kier molecular flexibility index (Phi) is 5.74. The number of aliphatic imine (C=N–C) groups is 1. The number of nitrogens with zero attached hydrogens (tertiary/aromatic N) is 3. The molecular weight excluding hydrogens is 428 g/mol. The highest BCUT2D eigenvalue weighted by Gasteiger charge is 2.35. The van der Waals surface area contributed by atoms with E-state index in [2.05, 4.69) is 10.3 Å². The molecule has 34 heavy (non-hydrogen) atoms. The number of hydrogen-bond donors (Lipinski definition) is 1. The second-order valence-electron chi connectivity index (χ2n) is 7.98. The molecule has 0 fully saturated rings. The lowest BCUT2D eigenvalue weighted by Crippen LogP contribution is -2.21. The molecule has 7 nitrogen and oxygen atoms in total. The van der Waals surface area contributed by atoms with Gasteiger partial charge in [-0.25, -0.2) is 9.78 Å². The van der Waals surface area contributed by atoms with Gasteiger partial charge in [0, 0.05) is 24.6 Å². The molecule has 5 rings (SSSR count). The van der Waals surface area contributed by atoms with E-state index in [0.29, 0.717) is 17.0 Å². The van der Waals surface area contributed by atoms with Crippen LogP contribution < -0.4 is 5.32 Å². The third kappa shape index (κ3) is 4.23. The fourth-order valence-electron chi connectivity index (χ4n) is 4.09. The van der Waals surface area contributed by atoms with Crippen molar-refractivity contribution in [1.82, 2.24) is 9.55 Å². The van der Waals surface area contributed by atoms with Crippen molar-refractivity contribution in [2.45, 2.75) is 12.5 Å². The molecule has 1 aliphatic heterocycles. The number of nitrogens with one attached hydrogen (secondary N) is 1. The van der Waals surface area contributed by atoms with Crippen LogP contribution in [-0.4, -0.2) is 34.2 Å². The number of benzene rings is 3. The zero-order valence-electron chi connectivity index (χ0n) is 18.5. The van der Waals surface area contributed by atoms with E-state index >= 15 is 0 Å². The standard InChI is InChI=1S/C27H22N4O3/c1-34-27(33)20-9-12-22-23(15-20)30-26(32)24(22)25(19-5-3-2-4-6-19)29-21-10-7-18(8-11-21)16-31-14-13-28-17-31/h2-15,17,24H,16H2,1H3,(H,30,32). The van der Waals surface area contributed by atoms with Crippen molar-refractivity contribution < 1.29 is 14.3 Å². The lowest BCUT2D eigenvalue weighted by molar-refractivity contribution is -0.115. The van der Waals surface area contributed by atoms with Crippen LogP contribution in [0.1, 0.15) is 33.0 Å². The molecule has 1 aliphatic rings. The van der Waals surface area contributed by atoms with Gasteiger partial charge in [0.25, 0.3) is 0 Å². The number of aromatic nitrogens is 2. The summed E-state index contributed by atoms with van der Waals surface area (Å²) in [5.41, 5.74) is 5.13. The van der Waals surface area contributed by atoms with Crippen molar-refractivity contribution in [3.63, 3.8) is 0 Å². The van der Waals surface area contributed by atoms with Crippen molar-refractivity contribution in [1.29, 1.82) is 0 Å². The summed E-state index contributed by atoms with van der Waals surface area (Å²) in [5.74, 6) is -1.24. The molecule has 1 amide bonds. The third-order valence-electron chi connectivity index (χ3n) is 5.76. The van der Waals surface area contributed by atoms with Crippen LogP contribution in [0.5, 0.6) is 0 Å². The van der Waals surface area contributed by atoms with Crippen LogP contribution in [0.2, 0.25) is 0 Å². The first-order valence-electron chi connectivity index (χ1n) is 10.8. The van der Waals surface area contributed by atoms with E-state index in [1.165, 1.54) is 7.11 Å².